The molecule has 0 N–H and O–H groups in total. The molecule has 1 aromatic rings. The number of hydrogen-bond acceptors (Lipinski definition) is 1. The van der Waals surface area contributed by atoms with Gasteiger partial charge in [0, 0.05) is 0 Å². The molecule has 0 bridgehead atoms. The van der Waals surface area contributed by atoms with Crippen molar-refractivity contribution in [3.8, 4) is 0 Å². The first-order chi connectivity index (χ1) is 7.50. The van der Waals surface area contributed by atoms with Crippen molar-refractivity contribution < 1.29 is 4.79 Å². The maximum atomic E-state index is 11.9. The highest BCUT2D eigenvalue weighted by Gasteiger charge is 2.29. The van der Waals surface area contributed by atoms with Gasteiger partial charge in [0.05, 0.1) is 9.65 Å². The Hall–Kier alpha value is -0.150. The van der Waals surface area contributed by atoms with Gasteiger partial charge in [-0.15, -0.1) is 0 Å². The molecule has 2 atom stereocenters. The number of halogens is 2. The minimum atomic E-state index is -0.0568. The second-order valence-corrected chi connectivity index (χ2v) is 6.61. The third kappa shape index (κ3) is 2.12. The van der Waals surface area contributed by atoms with E-state index in [0.29, 0.717) is 0 Å². The van der Waals surface area contributed by atoms with Gasteiger partial charge in [-0.25, -0.2) is 0 Å². The van der Waals surface area contributed by atoms with Crippen molar-refractivity contribution in [2.75, 3.05) is 0 Å². The lowest BCUT2D eigenvalue weighted by Gasteiger charge is -2.13. The van der Waals surface area contributed by atoms with Gasteiger partial charge in [0.25, 0.3) is 0 Å². The van der Waals surface area contributed by atoms with E-state index >= 15 is 0 Å². The molecule has 16 heavy (non-hydrogen) atoms. The van der Waals surface area contributed by atoms with Gasteiger partial charge < -0.3 is 0 Å². The van der Waals surface area contributed by atoms with E-state index in [1.165, 1.54) is 22.3 Å². The van der Waals surface area contributed by atoms with Crippen LogP contribution in [0.4, 0.5) is 0 Å². The Morgan fingerprint density at radius 2 is 1.38 bits per heavy atom. The second-order valence-electron chi connectivity index (χ2n) is 4.40. The normalized spacial score (nSPS) is 25.1. The molecule has 0 saturated carbocycles. The number of alkyl halides is 2. The first-order valence-electron chi connectivity index (χ1n) is 5.40. The summed E-state index contributed by atoms with van der Waals surface area (Å²) >= 11 is 6.99. The lowest BCUT2D eigenvalue weighted by Crippen LogP contribution is -2.24. The van der Waals surface area contributed by atoms with Crippen LogP contribution in [0.25, 0.3) is 0 Å². The summed E-state index contributed by atoms with van der Waals surface area (Å²) in [5.74, 6) is 0.259. The Morgan fingerprint density at radius 1 is 1.00 bits per heavy atom. The largest absolute Gasteiger partial charge is 0.297 e. The molecule has 0 heterocycles. The number of aryl methyl sites for hydroxylation is 2. The topological polar surface area (TPSA) is 17.1 Å². The maximum Gasteiger partial charge on any atom is 0.160 e. The fraction of sp³-hybridized carbons (Fsp3) is 0.462. The van der Waals surface area contributed by atoms with E-state index in [2.05, 4.69) is 57.8 Å². The number of rotatable bonds is 0. The monoisotopic (exact) mass is 344 g/mol. The van der Waals surface area contributed by atoms with Gasteiger partial charge >= 0.3 is 0 Å². The summed E-state index contributed by atoms with van der Waals surface area (Å²) in [5.41, 5.74) is 5.27. The number of carbonyl (C=O) groups is 1. The molecule has 1 aromatic carbocycles. The lowest BCUT2D eigenvalue weighted by molar-refractivity contribution is -0.117. The summed E-state index contributed by atoms with van der Waals surface area (Å²) in [7, 11) is 0. The van der Waals surface area contributed by atoms with Gasteiger partial charge in [-0.2, -0.15) is 0 Å². The van der Waals surface area contributed by atoms with Crippen molar-refractivity contribution in [1.29, 1.82) is 0 Å². The van der Waals surface area contributed by atoms with Gasteiger partial charge in [-0.05, 0) is 48.9 Å². The second kappa shape index (κ2) is 4.61. The summed E-state index contributed by atoms with van der Waals surface area (Å²) in [4.78, 5) is 11.8. The third-order valence-electron chi connectivity index (χ3n) is 3.28. The Labute approximate surface area is 113 Å². The number of benzene rings is 1. The van der Waals surface area contributed by atoms with Gasteiger partial charge in [0.1, 0.15) is 0 Å². The van der Waals surface area contributed by atoms with Crippen LogP contribution in [-0.2, 0) is 17.6 Å². The summed E-state index contributed by atoms with van der Waals surface area (Å²) in [6.07, 6.45) is 1.62. The molecule has 0 amide bonds. The van der Waals surface area contributed by atoms with Crippen molar-refractivity contribution >= 4 is 37.6 Å². The Kier molecular flexibility index (Phi) is 3.55. The molecule has 0 spiro atoms. The average molecular weight is 346 g/mol. The fourth-order valence-electron chi connectivity index (χ4n) is 2.25. The van der Waals surface area contributed by atoms with Gasteiger partial charge in [-0.3, -0.25) is 4.79 Å². The smallest absolute Gasteiger partial charge is 0.160 e. The molecule has 0 saturated heterocycles. The first kappa shape index (κ1) is 12.3. The van der Waals surface area contributed by atoms with Crippen LogP contribution in [0.15, 0.2) is 12.1 Å². The van der Waals surface area contributed by atoms with Crippen molar-refractivity contribution in [1.82, 2.24) is 0 Å². The third-order valence-corrected chi connectivity index (χ3v) is 4.83. The summed E-state index contributed by atoms with van der Waals surface area (Å²) in [5, 5.41) is 0. The highest BCUT2D eigenvalue weighted by atomic mass is 79.9. The van der Waals surface area contributed by atoms with E-state index in [0.717, 1.165) is 12.8 Å². The standard InChI is InChI=1S/C13H14Br2O/c1-7-3-4-8(2)10-6-12(15)13(16)11(14)5-9(7)10/h3-4,11-12H,5-6H2,1-2H3/t11-,12+. The van der Waals surface area contributed by atoms with E-state index in [-0.39, 0.29) is 15.4 Å². The van der Waals surface area contributed by atoms with Crippen LogP contribution in [0.5, 0.6) is 0 Å². The number of Topliss-reactive ketones (excluding diaryl/α,β-unsaturated/α-hetero) is 1. The minimum Gasteiger partial charge on any atom is -0.297 e. The maximum absolute atomic E-state index is 11.9. The van der Waals surface area contributed by atoms with E-state index in [1.807, 2.05) is 0 Å². The fourth-order valence-corrected chi connectivity index (χ4v) is 3.89. The molecule has 0 fully saturated rings. The van der Waals surface area contributed by atoms with Crippen LogP contribution in [0.1, 0.15) is 22.3 Å². The number of fused-ring (bicyclic) bond motifs is 1. The molecule has 86 valence electrons. The van der Waals surface area contributed by atoms with Crippen molar-refractivity contribution in [2.45, 2.75) is 36.3 Å². The van der Waals surface area contributed by atoms with E-state index in [1.54, 1.807) is 0 Å². The zero-order chi connectivity index (χ0) is 11.9. The van der Waals surface area contributed by atoms with Crippen LogP contribution >= 0.6 is 31.9 Å². The predicted molar refractivity (Wildman–Crippen MR) is 73.8 cm³/mol. The highest BCUT2D eigenvalue weighted by molar-refractivity contribution is 9.10. The number of ketones is 1. The Balaban J connectivity index is 2.54. The molecular weight excluding hydrogens is 332 g/mol. The summed E-state index contributed by atoms with van der Waals surface area (Å²) in [6.45, 7) is 4.24. The zero-order valence-electron chi connectivity index (χ0n) is 9.39. The SMILES string of the molecule is Cc1ccc(C)c2c1C[C@@H](Br)C(=O)[C@@H](Br)C2. The van der Waals surface area contributed by atoms with Crippen molar-refractivity contribution in [3.05, 3.63) is 34.4 Å². The van der Waals surface area contributed by atoms with E-state index in [4.69, 9.17) is 0 Å². The van der Waals surface area contributed by atoms with Crippen LogP contribution in [0, 0.1) is 13.8 Å². The minimum absolute atomic E-state index is 0.0568. The Morgan fingerprint density at radius 3 is 1.75 bits per heavy atom. The van der Waals surface area contributed by atoms with Crippen LogP contribution in [-0.4, -0.2) is 15.4 Å². The molecule has 3 heteroatoms. The average Bonchev–Trinajstić information content (AvgIpc) is 2.36. The van der Waals surface area contributed by atoms with Crippen molar-refractivity contribution in [2.24, 2.45) is 0 Å². The molecule has 2 rings (SSSR count). The molecule has 1 nitrogen and oxygen atoms in total. The first-order valence-corrected chi connectivity index (χ1v) is 7.23. The van der Waals surface area contributed by atoms with Crippen LogP contribution in [0.2, 0.25) is 0 Å². The Bertz CT molecular complexity index is 401. The molecule has 0 aliphatic heterocycles. The van der Waals surface area contributed by atoms with Crippen LogP contribution < -0.4 is 0 Å². The lowest BCUT2D eigenvalue weighted by atomic mass is 9.94. The van der Waals surface area contributed by atoms with Gasteiger partial charge in [0.15, 0.2) is 5.78 Å². The van der Waals surface area contributed by atoms with Gasteiger partial charge in [-0.1, -0.05) is 44.0 Å². The quantitative estimate of drug-likeness (QED) is 0.519. The molecular formula is C13H14Br2O. The highest BCUT2D eigenvalue weighted by Crippen LogP contribution is 2.30. The molecule has 1 aliphatic carbocycles. The van der Waals surface area contributed by atoms with Crippen molar-refractivity contribution in [3.63, 3.8) is 0 Å². The molecule has 1 aliphatic rings. The van der Waals surface area contributed by atoms with Gasteiger partial charge in [0.2, 0.25) is 0 Å². The molecule has 0 aromatic heterocycles. The summed E-state index contributed by atoms with van der Waals surface area (Å²) in [6, 6.07) is 4.29. The summed E-state index contributed by atoms with van der Waals surface area (Å²) < 4.78 is 0. The van der Waals surface area contributed by atoms with E-state index in [9.17, 15) is 4.79 Å². The van der Waals surface area contributed by atoms with Crippen LogP contribution in [0.3, 0.4) is 0 Å². The zero-order valence-corrected chi connectivity index (χ0v) is 12.6. The van der Waals surface area contributed by atoms with E-state index < -0.39 is 0 Å². The molecule has 0 unspecified atom stereocenters. The number of carbonyl (C=O) groups excluding carboxylic acids is 1. The number of hydrogen-bond donors (Lipinski definition) is 0. The molecule has 0 radical (unpaired) electrons. The predicted octanol–water partition coefficient (Wildman–Crippen LogP) is 3.50.